The average Bonchev–Trinajstić information content (AvgIpc) is 2.39. The third-order valence-electron chi connectivity index (χ3n) is 2.64. The molecule has 0 radical (unpaired) electrons. The predicted molar refractivity (Wildman–Crippen MR) is 75.1 cm³/mol. The Labute approximate surface area is 111 Å². The summed E-state index contributed by atoms with van der Waals surface area (Å²) in [6.45, 7) is 2.07. The van der Waals surface area contributed by atoms with Gasteiger partial charge in [-0.3, -0.25) is 4.98 Å². The molecule has 0 saturated heterocycles. The van der Waals surface area contributed by atoms with Gasteiger partial charge in [0.2, 0.25) is 0 Å². The maximum absolute atomic E-state index is 5.80. The summed E-state index contributed by atoms with van der Waals surface area (Å²) >= 11 is 5.80. The van der Waals surface area contributed by atoms with E-state index in [4.69, 9.17) is 11.6 Å². The molecule has 0 fully saturated rings. The summed E-state index contributed by atoms with van der Waals surface area (Å²) in [7, 11) is 1.90. The number of hydrogen-bond donors (Lipinski definition) is 2. The van der Waals surface area contributed by atoms with E-state index in [0.717, 1.165) is 5.69 Å². The van der Waals surface area contributed by atoms with Crippen molar-refractivity contribution in [3.63, 3.8) is 0 Å². The van der Waals surface area contributed by atoms with Crippen molar-refractivity contribution in [1.82, 2.24) is 9.97 Å². The second kappa shape index (κ2) is 5.69. The summed E-state index contributed by atoms with van der Waals surface area (Å²) in [5.74, 6) is 0.671. The van der Waals surface area contributed by atoms with Gasteiger partial charge >= 0.3 is 0 Å². The lowest BCUT2D eigenvalue weighted by Crippen LogP contribution is -2.08. The Morgan fingerprint density at radius 2 is 2.11 bits per heavy atom. The second-order valence-corrected chi connectivity index (χ2v) is 4.36. The zero-order valence-corrected chi connectivity index (χ0v) is 11.1. The average molecular weight is 263 g/mol. The van der Waals surface area contributed by atoms with Crippen LogP contribution in [0.1, 0.15) is 18.5 Å². The van der Waals surface area contributed by atoms with Crippen LogP contribution in [0.3, 0.4) is 0 Å². The van der Waals surface area contributed by atoms with Crippen molar-refractivity contribution in [3.05, 3.63) is 47.4 Å². The van der Waals surface area contributed by atoms with Crippen LogP contribution < -0.4 is 10.6 Å². The fourth-order valence-electron chi connectivity index (χ4n) is 1.68. The SMILES string of the molecule is CNc1cccc(C(C)Nc2cncc(Cl)n2)c1. The normalized spacial score (nSPS) is 11.9. The van der Waals surface area contributed by atoms with Crippen LogP contribution in [0.4, 0.5) is 11.5 Å². The van der Waals surface area contributed by atoms with Crippen LogP contribution in [0.15, 0.2) is 36.7 Å². The zero-order valence-electron chi connectivity index (χ0n) is 10.3. The monoisotopic (exact) mass is 262 g/mol. The lowest BCUT2D eigenvalue weighted by Gasteiger charge is -2.15. The predicted octanol–water partition coefficient (Wildman–Crippen LogP) is 3.34. The number of hydrogen-bond acceptors (Lipinski definition) is 4. The standard InChI is InChI=1S/C13H15ClN4/c1-9(10-4-3-5-11(6-10)15-2)17-13-8-16-7-12(14)18-13/h3-9,15H,1-2H3,(H,17,18). The third-order valence-corrected chi connectivity index (χ3v) is 2.83. The Morgan fingerprint density at radius 3 is 2.83 bits per heavy atom. The molecule has 5 heteroatoms. The molecule has 1 atom stereocenters. The Hall–Kier alpha value is -1.81. The Kier molecular flexibility index (Phi) is 3.99. The molecule has 0 spiro atoms. The number of nitrogens with zero attached hydrogens (tertiary/aromatic N) is 2. The first-order valence-corrected chi connectivity index (χ1v) is 6.08. The van der Waals surface area contributed by atoms with Crippen molar-refractivity contribution in [1.29, 1.82) is 0 Å². The number of rotatable bonds is 4. The molecule has 1 heterocycles. The highest BCUT2D eigenvalue weighted by Crippen LogP contribution is 2.20. The molecule has 0 saturated carbocycles. The summed E-state index contributed by atoms with van der Waals surface area (Å²) < 4.78 is 0. The third kappa shape index (κ3) is 3.11. The molecular formula is C13H15ClN4. The molecule has 2 rings (SSSR count). The van der Waals surface area contributed by atoms with Gasteiger partial charge in [-0.2, -0.15) is 0 Å². The molecule has 1 aromatic heterocycles. The van der Waals surface area contributed by atoms with Gasteiger partial charge < -0.3 is 10.6 Å². The minimum absolute atomic E-state index is 0.131. The van der Waals surface area contributed by atoms with E-state index in [-0.39, 0.29) is 6.04 Å². The van der Waals surface area contributed by atoms with Crippen molar-refractivity contribution in [2.75, 3.05) is 17.7 Å². The highest BCUT2D eigenvalue weighted by atomic mass is 35.5. The Morgan fingerprint density at radius 1 is 1.28 bits per heavy atom. The van der Waals surface area contributed by atoms with E-state index in [2.05, 4.69) is 39.7 Å². The van der Waals surface area contributed by atoms with E-state index in [1.165, 1.54) is 11.8 Å². The van der Waals surface area contributed by atoms with Gasteiger partial charge in [0, 0.05) is 12.7 Å². The lowest BCUT2D eigenvalue weighted by molar-refractivity contribution is 0.872. The van der Waals surface area contributed by atoms with E-state index in [0.29, 0.717) is 11.0 Å². The van der Waals surface area contributed by atoms with Crippen molar-refractivity contribution in [2.45, 2.75) is 13.0 Å². The fraction of sp³-hybridized carbons (Fsp3) is 0.231. The molecular weight excluding hydrogens is 248 g/mol. The summed E-state index contributed by atoms with van der Waals surface area (Å²) in [6.07, 6.45) is 3.17. The van der Waals surface area contributed by atoms with Crippen molar-refractivity contribution in [2.24, 2.45) is 0 Å². The van der Waals surface area contributed by atoms with E-state index in [9.17, 15) is 0 Å². The van der Waals surface area contributed by atoms with Crippen molar-refractivity contribution in [3.8, 4) is 0 Å². The smallest absolute Gasteiger partial charge is 0.149 e. The van der Waals surface area contributed by atoms with E-state index < -0.39 is 0 Å². The number of nitrogens with one attached hydrogen (secondary N) is 2. The van der Waals surface area contributed by atoms with Crippen LogP contribution in [-0.4, -0.2) is 17.0 Å². The van der Waals surface area contributed by atoms with Crippen LogP contribution in [-0.2, 0) is 0 Å². The van der Waals surface area contributed by atoms with Gasteiger partial charge in [-0.1, -0.05) is 23.7 Å². The minimum Gasteiger partial charge on any atom is -0.388 e. The molecule has 0 amide bonds. The molecule has 94 valence electrons. The molecule has 18 heavy (non-hydrogen) atoms. The molecule has 0 bridgehead atoms. The Balaban J connectivity index is 2.13. The van der Waals surface area contributed by atoms with Gasteiger partial charge in [-0.25, -0.2) is 4.98 Å². The first kappa shape index (κ1) is 12.6. The fourth-order valence-corrected chi connectivity index (χ4v) is 1.83. The summed E-state index contributed by atoms with van der Waals surface area (Å²) in [5.41, 5.74) is 2.25. The van der Waals surface area contributed by atoms with E-state index in [1.54, 1.807) is 6.20 Å². The topological polar surface area (TPSA) is 49.8 Å². The zero-order chi connectivity index (χ0) is 13.0. The molecule has 2 aromatic rings. The Bertz CT molecular complexity index is 530. The largest absolute Gasteiger partial charge is 0.388 e. The van der Waals surface area contributed by atoms with Gasteiger partial charge in [0.1, 0.15) is 11.0 Å². The van der Waals surface area contributed by atoms with Crippen LogP contribution in [0.2, 0.25) is 5.15 Å². The maximum atomic E-state index is 5.80. The molecule has 4 nitrogen and oxygen atoms in total. The van der Waals surface area contributed by atoms with E-state index >= 15 is 0 Å². The second-order valence-electron chi connectivity index (χ2n) is 3.97. The van der Waals surface area contributed by atoms with Gasteiger partial charge in [-0.05, 0) is 24.6 Å². The molecule has 1 aromatic carbocycles. The van der Waals surface area contributed by atoms with Gasteiger partial charge in [0.05, 0.1) is 18.4 Å². The van der Waals surface area contributed by atoms with Crippen LogP contribution in [0.25, 0.3) is 0 Å². The minimum atomic E-state index is 0.131. The number of aromatic nitrogens is 2. The first-order valence-electron chi connectivity index (χ1n) is 5.71. The molecule has 1 unspecified atom stereocenters. The highest BCUT2D eigenvalue weighted by Gasteiger charge is 2.07. The number of benzene rings is 1. The quantitative estimate of drug-likeness (QED) is 0.887. The molecule has 0 aliphatic carbocycles. The van der Waals surface area contributed by atoms with Crippen molar-refractivity contribution >= 4 is 23.1 Å². The van der Waals surface area contributed by atoms with Gasteiger partial charge in [0.15, 0.2) is 0 Å². The summed E-state index contributed by atoms with van der Waals surface area (Å²) in [6, 6.07) is 8.33. The van der Waals surface area contributed by atoms with Crippen LogP contribution in [0.5, 0.6) is 0 Å². The van der Waals surface area contributed by atoms with Crippen LogP contribution in [0, 0.1) is 0 Å². The lowest BCUT2D eigenvalue weighted by atomic mass is 10.1. The molecule has 0 aliphatic heterocycles. The van der Waals surface area contributed by atoms with E-state index in [1.807, 2.05) is 19.2 Å². The number of anilines is 2. The van der Waals surface area contributed by atoms with Crippen LogP contribution >= 0.6 is 11.6 Å². The van der Waals surface area contributed by atoms with Gasteiger partial charge in [-0.15, -0.1) is 0 Å². The molecule has 2 N–H and O–H groups in total. The molecule has 0 aliphatic rings. The summed E-state index contributed by atoms with van der Waals surface area (Å²) in [4.78, 5) is 8.15. The van der Waals surface area contributed by atoms with Gasteiger partial charge in [0.25, 0.3) is 0 Å². The number of halogens is 1. The first-order chi connectivity index (χ1) is 8.69. The maximum Gasteiger partial charge on any atom is 0.149 e. The summed E-state index contributed by atoms with van der Waals surface area (Å²) in [5, 5.41) is 6.77. The van der Waals surface area contributed by atoms with Crippen molar-refractivity contribution < 1.29 is 0 Å². The highest BCUT2D eigenvalue weighted by molar-refractivity contribution is 6.29.